The second-order valence-electron chi connectivity index (χ2n) is 5.68. The predicted molar refractivity (Wildman–Crippen MR) is 74.4 cm³/mol. The number of carbonyl (C=O) groups excluding carboxylic acids is 1. The second-order valence-corrected chi connectivity index (χ2v) is 5.68. The first-order valence-electron chi connectivity index (χ1n) is 6.73. The molecule has 1 saturated carbocycles. The Hall–Kier alpha value is -1.51. The molecular weight excluding hydrogens is 224 g/mol. The minimum atomic E-state index is 0.00167. The minimum absolute atomic E-state index is 0.00167. The van der Waals surface area contributed by atoms with Crippen molar-refractivity contribution in [2.24, 2.45) is 5.41 Å². The van der Waals surface area contributed by atoms with Crippen molar-refractivity contribution < 1.29 is 4.79 Å². The Balaban J connectivity index is 1.89. The van der Waals surface area contributed by atoms with Crippen molar-refractivity contribution in [3.05, 3.63) is 29.8 Å². The Morgan fingerprint density at radius 3 is 2.44 bits per heavy atom. The molecule has 0 atom stereocenters. The molecule has 0 bridgehead atoms. The van der Waals surface area contributed by atoms with E-state index in [1.807, 2.05) is 0 Å². The summed E-state index contributed by atoms with van der Waals surface area (Å²) < 4.78 is 0. The highest BCUT2D eigenvalue weighted by molar-refractivity contribution is 5.94. The molecular formula is C15H22N2O. The van der Waals surface area contributed by atoms with Crippen molar-refractivity contribution in [1.82, 2.24) is 5.32 Å². The number of hydrogen-bond donors (Lipinski definition) is 2. The number of nitrogens with one attached hydrogen (secondary N) is 1. The maximum atomic E-state index is 12.0. The van der Waals surface area contributed by atoms with Crippen LogP contribution in [0.3, 0.4) is 0 Å². The van der Waals surface area contributed by atoms with Crippen LogP contribution in [0.15, 0.2) is 24.3 Å². The summed E-state index contributed by atoms with van der Waals surface area (Å²) in [5, 5.41) is 3.05. The fourth-order valence-electron chi connectivity index (χ4n) is 2.61. The van der Waals surface area contributed by atoms with Gasteiger partial charge in [-0.3, -0.25) is 4.79 Å². The van der Waals surface area contributed by atoms with Gasteiger partial charge in [0, 0.05) is 17.8 Å². The zero-order valence-corrected chi connectivity index (χ0v) is 11.0. The van der Waals surface area contributed by atoms with E-state index in [0.717, 1.165) is 6.54 Å². The molecule has 1 amide bonds. The van der Waals surface area contributed by atoms with Gasteiger partial charge < -0.3 is 11.1 Å². The van der Waals surface area contributed by atoms with Gasteiger partial charge in [-0.05, 0) is 42.5 Å². The van der Waals surface area contributed by atoms with Crippen molar-refractivity contribution >= 4 is 11.6 Å². The zero-order chi connectivity index (χ0) is 13.0. The third-order valence-corrected chi connectivity index (χ3v) is 3.91. The van der Waals surface area contributed by atoms with Crippen molar-refractivity contribution in [2.45, 2.75) is 39.0 Å². The SMILES string of the molecule is CC1(CNC(=O)c2ccc(N)cc2)CCCCC1. The molecule has 0 spiro atoms. The van der Waals surface area contributed by atoms with E-state index in [1.54, 1.807) is 24.3 Å². The smallest absolute Gasteiger partial charge is 0.251 e. The van der Waals surface area contributed by atoms with E-state index in [4.69, 9.17) is 5.73 Å². The van der Waals surface area contributed by atoms with E-state index in [1.165, 1.54) is 32.1 Å². The first-order valence-corrected chi connectivity index (χ1v) is 6.73. The maximum Gasteiger partial charge on any atom is 0.251 e. The summed E-state index contributed by atoms with van der Waals surface area (Å²) in [5.41, 5.74) is 7.26. The average Bonchev–Trinajstić information content (AvgIpc) is 2.38. The summed E-state index contributed by atoms with van der Waals surface area (Å²) in [6, 6.07) is 7.07. The molecule has 3 heteroatoms. The lowest BCUT2D eigenvalue weighted by molar-refractivity contribution is 0.0919. The number of hydrogen-bond acceptors (Lipinski definition) is 2. The highest BCUT2D eigenvalue weighted by atomic mass is 16.1. The van der Waals surface area contributed by atoms with Crippen LogP contribution in [0, 0.1) is 5.41 Å². The number of amides is 1. The molecule has 0 aromatic heterocycles. The van der Waals surface area contributed by atoms with Crippen LogP contribution in [0.25, 0.3) is 0 Å². The number of nitrogens with two attached hydrogens (primary N) is 1. The lowest BCUT2D eigenvalue weighted by atomic mass is 9.76. The molecule has 1 aliphatic carbocycles. The summed E-state index contributed by atoms with van der Waals surface area (Å²) in [6.07, 6.45) is 6.34. The molecule has 0 unspecified atom stereocenters. The van der Waals surface area contributed by atoms with E-state index in [-0.39, 0.29) is 11.3 Å². The monoisotopic (exact) mass is 246 g/mol. The van der Waals surface area contributed by atoms with Crippen LogP contribution < -0.4 is 11.1 Å². The maximum absolute atomic E-state index is 12.0. The number of benzene rings is 1. The van der Waals surface area contributed by atoms with Gasteiger partial charge in [-0.2, -0.15) is 0 Å². The van der Waals surface area contributed by atoms with Crippen LogP contribution >= 0.6 is 0 Å². The van der Waals surface area contributed by atoms with Crippen molar-refractivity contribution in [1.29, 1.82) is 0 Å². The topological polar surface area (TPSA) is 55.1 Å². The number of nitrogen functional groups attached to an aromatic ring is 1. The van der Waals surface area contributed by atoms with E-state index in [0.29, 0.717) is 11.3 Å². The quantitative estimate of drug-likeness (QED) is 0.806. The highest BCUT2D eigenvalue weighted by Gasteiger charge is 2.27. The predicted octanol–water partition coefficient (Wildman–Crippen LogP) is 2.97. The van der Waals surface area contributed by atoms with Crippen LogP contribution in [0.4, 0.5) is 5.69 Å². The number of anilines is 1. The van der Waals surface area contributed by atoms with Gasteiger partial charge in [0.05, 0.1) is 0 Å². The largest absolute Gasteiger partial charge is 0.399 e. The van der Waals surface area contributed by atoms with E-state index < -0.39 is 0 Å². The van der Waals surface area contributed by atoms with Crippen molar-refractivity contribution in [3.63, 3.8) is 0 Å². The Morgan fingerprint density at radius 2 is 1.83 bits per heavy atom. The van der Waals surface area contributed by atoms with Crippen LogP contribution in [0.5, 0.6) is 0 Å². The average molecular weight is 246 g/mol. The van der Waals surface area contributed by atoms with Gasteiger partial charge in [-0.1, -0.05) is 26.2 Å². The van der Waals surface area contributed by atoms with Crippen LogP contribution in [0.2, 0.25) is 0 Å². The standard InChI is InChI=1S/C15H22N2O/c1-15(9-3-2-4-10-15)11-17-14(18)12-5-7-13(16)8-6-12/h5-8H,2-4,9-11,16H2,1H3,(H,17,18). The molecule has 98 valence electrons. The molecule has 1 fully saturated rings. The molecule has 3 nitrogen and oxygen atoms in total. The first kappa shape index (κ1) is 12.9. The molecule has 2 rings (SSSR count). The van der Waals surface area contributed by atoms with Crippen LogP contribution in [0.1, 0.15) is 49.4 Å². The molecule has 1 aliphatic rings. The molecule has 3 N–H and O–H groups in total. The molecule has 0 heterocycles. The Kier molecular flexibility index (Phi) is 3.90. The third kappa shape index (κ3) is 3.25. The zero-order valence-electron chi connectivity index (χ0n) is 11.0. The van der Waals surface area contributed by atoms with Gasteiger partial charge in [0.2, 0.25) is 0 Å². The molecule has 0 radical (unpaired) electrons. The van der Waals surface area contributed by atoms with E-state index in [2.05, 4.69) is 12.2 Å². The van der Waals surface area contributed by atoms with Crippen LogP contribution in [-0.4, -0.2) is 12.5 Å². The Morgan fingerprint density at radius 1 is 1.22 bits per heavy atom. The summed E-state index contributed by atoms with van der Waals surface area (Å²) in [6.45, 7) is 3.05. The lowest BCUT2D eigenvalue weighted by Crippen LogP contribution is -2.37. The van der Waals surface area contributed by atoms with Gasteiger partial charge in [0.1, 0.15) is 0 Å². The Bertz CT molecular complexity index is 405. The number of rotatable bonds is 3. The second kappa shape index (κ2) is 5.42. The molecule has 1 aromatic carbocycles. The van der Waals surface area contributed by atoms with Gasteiger partial charge in [0.25, 0.3) is 5.91 Å². The van der Waals surface area contributed by atoms with Gasteiger partial charge in [-0.25, -0.2) is 0 Å². The molecule has 0 aliphatic heterocycles. The fourth-order valence-corrected chi connectivity index (χ4v) is 2.61. The summed E-state index contributed by atoms with van der Waals surface area (Å²) in [4.78, 5) is 12.0. The van der Waals surface area contributed by atoms with Crippen LogP contribution in [-0.2, 0) is 0 Å². The minimum Gasteiger partial charge on any atom is -0.399 e. The lowest BCUT2D eigenvalue weighted by Gasteiger charge is -2.33. The highest BCUT2D eigenvalue weighted by Crippen LogP contribution is 2.34. The van der Waals surface area contributed by atoms with E-state index in [9.17, 15) is 4.79 Å². The normalized spacial score (nSPS) is 18.3. The van der Waals surface area contributed by atoms with Gasteiger partial charge in [0.15, 0.2) is 0 Å². The van der Waals surface area contributed by atoms with Gasteiger partial charge in [-0.15, -0.1) is 0 Å². The molecule has 18 heavy (non-hydrogen) atoms. The first-order chi connectivity index (χ1) is 8.59. The van der Waals surface area contributed by atoms with Gasteiger partial charge >= 0.3 is 0 Å². The Labute approximate surface area is 109 Å². The molecule has 1 aromatic rings. The number of carbonyl (C=O) groups is 1. The molecule has 0 saturated heterocycles. The fraction of sp³-hybridized carbons (Fsp3) is 0.533. The summed E-state index contributed by atoms with van der Waals surface area (Å²) >= 11 is 0. The van der Waals surface area contributed by atoms with E-state index >= 15 is 0 Å². The van der Waals surface area contributed by atoms with Crippen molar-refractivity contribution in [3.8, 4) is 0 Å². The summed E-state index contributed by atoms with van der Waals surface area (Å²) in [5.74, 6) is 0.00167. The summed E-state index contributed by atoms with van der Waals surface area (Å²) in [7, 11) is 0. The van der Waals surface area contributed by atoms with Crippen molar-refractivity contribution in [2.75, 3.05) is 12.3 Å². The third-order valence-electron chi connectivity index (χ3n) is 3.91.